The van der Waals surface area contributed by atoms with Crippen molar-refractivity contribution in [3.8, 4) is 0 Å². The van der Waals surface area contributed by atoms with E-state index >= 15 is 0 Å². The number of hydrogen-bond donors (Lipinski definition) is 2. The zero-order valence-corrected chi connectivity index (χ0v) is 10.7. The van der Waals surface area contributed by atoms with Gasteiger partial charge in [-0.15, -0.1) is 0 Å². The average molecular weight is 213 g/mol. The molecule has 0 spiro atoms. The summed E-state index contributed by atoms with van der Waals surface area (Å²) >= 11 is 0. The summed E-state index contributed by atoms with van der Waals surface area (Å²) in [7, 11) is 4.28. The van der Waals surface area contributed by atoms with Crippen LogP contribution in [0.2, 0.25) is 0 Å². The van der Waals surface area contributed by atoms with Crippen molar-refractivity contribution in [3.05, 3.63) is 0 Å². The molecule has 1 aliphatic heterocycles. The maximum Gasteiger partial charge on any atom is 0.0156 e. The van der Waals surface area contributed by atoms with Gasteiger partial charge < -0.3 is 16.0 Å². The minimum absolute atomic E-state index is 0.204. The van der Waals surface area contributed by atoms with E-state index in [9.17, 15) is 0 Å². The fourth-order valence-electron chi connectivity index (χ4n) is 2.75. The molecule has 1 heterocycles. The average Bonchev–Trinajstić information content (AvgIpc) is 2.22. The number of likely N-dealkylation sites (tertiary alicyclic amines) is 1. The van der Waals surface area contributed by atoms with E-state index in [0.29, 0.717) is 6.04 Å². The van der Waals surface area contributed by atoms with Gasteiger partial charge in [-0.25, -0.2) is 0 Å². The van der Waals surface area contributed by atoms with Crippen molar-refractivity contribution < 1.29 is 0 Å². The van der Waals surface area contributed by atoms with Gasteiger partial charge in [0.1, 0.15) is 0 Å². The molecule has 1 aliphatic rings. The molecular formula is C12H27N3. The maximum atomic E-state index is 5.87. The van der Waals surface area contributed by atoms with Crippen molar-refractivity contribution in [2.24, 2.45) is 17.1 Å². The second kappa shape index (κ2) is 5.28. The monoisotopic (exact) mass is 213 g/mol. The third-order valence-corrected chi connectivity index (χ3v) is 3.91. The molecule has 0 aromatic carbocycles. The number of hydrogen-bond acceptors (Lipinski definition) is 3. The summed E-state index contributed by atoms with van der Waals surface area (Å²) < 4.78 is 0. The van der Waals surface area contributed by atoms with Crippen LogP contribution in [0.3, 0.4) is 0 Å². The highest BCUT2D eigenvalue weighted by Crippen LogP contribution is 2.30. The van der Waals surface area contributed by atoms with Crippen molar-refractivity contribution in [1.29, 1.82) is 0 Å². The highest BCUT2D eigenvalue weighted by atomic mass is 15.1. The van der Waals surface area contributed by atoms with E-state index < -0.39 is 0 Å². The van der Waals surface area contributed by atoms with Crippen LogP contribution in [-0.2, 0) is 0 Å². The number of rotatable bonds is 4. The Balaban J connectivity index is 2.59. The van der Waals surface area contributed by atoms with Gasteiger partial charge in [0.25, 0.3) is 0 Å². The summed E-state index contributed by atoms with van der Waals surface area (Å²) in [5.74, 6) is 0.782. The van der Waals surface area contributed by atoms with Gasteiger partial charge in [0.05, 0.1) is 0 Å². The van der Waals surface area contributed by atoms with Gasteiger partial charge in [0.15, 0.2) is 0 Å². The lowest BCUT2D eigenvalue weighted by molar-refractivity contribution is 0.123. The highest BCUT2D eigenvalue weighted by molar-refractivity contribution is 4.91. The zero-order chi connectivity index (χ0) is 11.5. The first-order chi connectivity index (χ1) is 7.01. The van der Waals surface area contributed by atoms with Crippen LogP contribution >= 0.6 is 0 Å². The van der Waals surface area contributed by atoms with Gasteiger partial charge in [0.2, 0.25) is 0 Å². The lowest BCUT2D eigenvalue weighted by atomic mass is 9.74. The topological polar surface area (TPSA) is 41.3 Å². The van der Waals surface area contributed by atoms with Crippen LogP contribution in [0, 0.1) is 11.3 Å². The lowest BCUT2D eigenvalue weighted by Gasteiger charge is -2.42. The van der Waals surface area contributed by atoms with E-state index in [2.05, 4.69) is 38.2 Å². The third-order valence-electron chi connectivity index (χ3n) is 3.91. The van der Waals surface area contributed by atoms with Gasteiger partial charge in [0, 0.05) is 6.04 Å². The van der Waals surface area contributed by atoms with Crippen molar-refractivity contribution in [2.75, 3.05) is 33.7 Å². The highest BCUT2D eigenvalue weighted by Gasteiger charge is 2.34. The molecule has 0 aliphatic carbocycles. The van der Waals surface area contributed by atoms with Crippen LogP contribution in [0.5, 0.6) is 0 Å². The Hall–Kier alpha value is -0.120. The minimum atomic E-state index is 0.204. The molecule has 15 heavy (non-hydrogen) atoms. The van der Waals surface area contributed by atoms with E-state index in [1.165, 1.54) is 25.9 Å². The van der Waals surface area contributed by atoms with E-state index in [4.69, 9.17) is 5.73 Å². The van der Waals surface area contributed by atoms with E-state index in [-0.39, 0.29) is 5.41 Å². The molecule has 1 saturated heterocycles. The van der Waals surface area contributed by atoms with E-state index in [1.807, 2.05) is 0 Å². The van der Waals surface area contributed by atoms with Gasteiger partial charge in [-0.05, 0) is 57.9 Å². The van der Waals surface area contributed by atoms with Gasteiger partial charge in [-0.3, -0.25) is 0 Å². The summed E-state index contributed by atoms with van der Waals surface area (Å²) in [6.45, 7) is 7.75. The lowest BCUT2D eigenvalue weighted by Crippen LogP contribution is -2.51. The fraction of sp³-hybridized carbons (Fsp3) is 1.00. The normalized spacial score (nSPS) is 23.0. The molecule has 3 heteroatoms. The van der Waals surface area contributed by atoms with Gasteiger partial charge in [-0.2, -0.15) is 0 Å². The van der Waals surface area contributed by atoms with Crippen LogP contribution < -0.4 is 11.1 Å². The molecule has 1 fully saturated rings. The Morgan fingerprint density at radius 2 is 1.93 bits per heavy atom. The van der Waals surface area contributed by atoms with Crippen LogP contribution in [0.25, 0.3) is 0 Å². The second-order valence-electron chi connectivity index (χ2n) is 5.60. The molecule has 3 N–H and O–H groups in total. The van der Waals surface area contributed by atoms with Gasteiger partial charge in [-0.1, -0.05) is 13.8 Å². The molecule has 0 bridgehead atoms. The Labute approximate surface area is 94.4 Å². The first kappa shape index (κ1) is 12.9. The Morgan fingerprint density at radius 1 is 1.40 bits per heavy atom. The maximum absolute atomic E-state index is 5.87. The summed E-state index contributed by atoms with van der Waals surface area (Å²) in [4.78, 5) is 2.42. The molecule has 0 aromatic heterocycles. The standard InChI is InChI=1S/C12H27N3/c1-12(2,9-13)11(14-3)10-5-7-15(4)8-6-10/h10-11,14H,5-9,13H2,1-4H3. The number of piperidine rings is 1. The largest absolute Gasteiger partial charge is 0.330 e. The SMILES string of the molecule is CNC(C1CCN(C)CC1)C(C)(C)CN. The second-order valence-corrected chi connectivity index (χ2v) is 5.60. The molecule has 0 saturated carbocycles. The predicted molar refractivity (Wildman–Crippen MR) is 65.9 cm³/mol. The van der Waals surface area contributed by atoms with E-state index in [1.54, 1.807) is 0 Å². The number of nitrogens with two attached hydrogens (primary N) is 1. The third kappa shape index (κ3) is 3.16. The smallest absolute Gasteiger partial charge is 0.0156 e. The fourth-order valence-corrected chi connectivity index (χ4v) is 2.75. The first-order valence-electron chi connectivity index (χ1n) is 6.07. The predicted octanol–water partition coefficient (Wildman–Crippen LogP) is 0.901. The molecule has 0 aromatic rings. The zero-order valence-electron chi connectivity index (χ0n) is 10.7. The number of nitrogens with zero attached hydrogens (tertiary/aromatic N) is 1. The minimum Gasteiger partial charge on any atom is -0.330 e. The van der Waals surface area contributed by atoms with Crippen LogP contribution in [0.15, 0.2) is 0 Å². The molecule has 1 atom stereocenters. The quantitative estimate of drug-likeness (QED) is 0.729. The van der Waals surface area contributed by atoms with Gasteiger partial charge >= 0.3 is 0 Å². The Kier molecular flexibility index (Phi) is 4.56. The van der Waals surface area contributed by atoms with Crippen molar-refractivity contribution >= 4 is 0 Å². The van der Waals surface area contributed by atoms with Crippen molar-refractivity contribution in [3.63, 3.8) is 0 Å². The summed E-state index contributed by atoms with van der Waals surface area (Å²) in [5.41, 5.74) is 6.07. The molecule has 0 amide bonds. The molecule has 3 nitrogen and oxygen atoms in total. The molecule has 1 unspecified atom stereocenters. The molecular weight excluding hydrogens is 186 g/mol. The van der Waals surface area contributed by atoms with Crippen molar-refractivity contribution in [1.82, 2.24) is 10.2 Å². The molecule has 1 rings (SSSR count). The Morgan fingerprint density at radius 3 is 2.33 bits per heavy atom. The van der Waals surface area contributed by atoms with Crippen LogP contribution in [0.4, 0.5) is 0 Å². The summed E-state index contributed by atoms with van der Waals surface area (Å²) in [5, 5.41) is 3.48. The molecule has 0 radical (unpaired) electrons. The summed E-state index contributed by atoms with van der Waals surface area (Å²) in [6.07, 6.45) is 2.59. The summed E-state index contributed by atoms with van der Waals surface area (Å²) in [6, 6.07) is 0.552. The molecule has 90 valence electrons. The Bertz CT molecular complexity index is 183. The van der Waals surface area contributed by atoms with Crippen LogP contribution in [0.1, 0.15) is 26.7 Å². The van der Waals surface area contributed by atoms with E-state index in [0.717, 1.165) is 12.5 Å². The number of nitrogens with one attached hydrogen (secondary N) is 1. The van der Waals surface area contributed by atoms with Crippen LogP contribution in [-0.4, -0.2) is 44.7 Å². The first-order valence-corrected chi connectivity index (χ1v) is 6.07. The van der Waals surface area contributed by atoms with Crippen molar-refractivity contribution in [2.45, 2.75) is 32.7 Å².